The van der Waals surface area contributed by atoms with E-state index in [9.17, 15) is 0 Å². The molecule has 3 aromatic rings. The lowest BCUT2D eigenvalue weighted by Crippen LogP contribution is -1.98. The Bertz CT molecular complexity index is 918. The lowest BCUT2D eigenvalue weighted by atomic mass is 10.1. The van der Waals surface area contributed by atoms with E-state index in [1.807, 2.05) is 0 Å². The number of hydrogen-bond donors (Lipinski definition) is 1. The van der Waals surface area contributed by atoms with Gasteiger partial charge in [0.15, 0.2) is 17.3 Å². The molecular formula is C16H16N4O4S. The number of benzene rings is 1. The van der Waals surface area contributed by atoms with Crippen LogP contribution >= 0.6 is 12.2 Å². The molecule has 0 saturated heterocycles. The molecule has 0 bridgehead atoms. The van der Waals surface area contributed by atoms with Crippen molar-refractivity contribution in [3.8, 4) is 28.6 Å². The van der Waals surface area contributed by atoms with Crippen LogP contribution < -0.4 is 14.2 Å². The Balaban J connectivity index is 2.10. The molecule has 0 spiro atoms. The number of H-pyrrole nitrogens is 1. The Morgan fingerprint density at radius 1 is 1.20 bits per heavy atom. The van der Waals surface area contributed by atoms with Gasteiger partial charge in [-0.15, -0.1) is 0 Å². The fourth-order valence-corrected chi connectivity index (χ4v) is 2.45. The summed E-state index contributed by atoms with van der Waals surface area (Å²) in [6.07, 6.45) is 3.11. The van der Waals surface area contributed by atoms with E-state index in [1.165, 1.54) is 4.68 Å². The quantitative estimate of drug-likeness (QED) is 0.537. The second-order valence-electron chi connectivity index (χ2n) is 4.84. The highest BCUT2D eigenvalue weighted by atomic mass is 32.1. The van der Waals surface area contributed by atoms with Crippen LogP contribution in [0.5, 0.6) is 17.2 Å². The molecule has 8 nitrogen and oxygen atoms in total. The standard InChI is InChI=1S/C16H16N4O4S/c1-21-12-7-10(8-13(22-2)14(12)23-3)15-18-19-16(25)20(15)17-9-11-5-4-6-24-11/h4-9H,1-3H3,(H,19,25)/b17-9-. The molecule has 1 N–H and O–H groups in total. The van der Waals surface area contributed by atoms with Crippen molar-refractivity contribution in [2.45, 2.75) is 0 Å². The lowest BCUT2D eigenvalue weighted by Gasteiger charge is -2.13. The second-order valence-corrected chi connectivity index (χ2v) is 5.22. The molecule has 0 fully saturated rings. The van der Waals surface area contributed by atoms with Gasteiger partial charge in [0.1, 0.15) is 5.76 Å². The summed E-state index contributed by atoms with van der Waals surface area (Å²) >= 11 is 5.25. The summed E-state index contributed by atoms with van der Waals surface area (Å²) in [6.45, 7) is 0. The number of aromatic amines is 1. The van der Waals surface area contributed by atoms with Crippen molar-refractivity contribution in [2.24, 2.45) is 5.10 Å². The third kappa shape index (κ3) is 3.26. The van der Waals surface area contributed by atoms with E-state index in [-0.39, 0.29) is 0 Å². The van der Waals surface area contributed by atoms with Crippen molar-refractivity contribution in [1.82, 2.24) is 14.9 Å². The van der Waals surface area contributed by atoms with Crippen molar-refractivity contribution in [3.63, 3.8) is 0 Å². The molecule has 2 heterocycles. The predicted molar refractivity (Wildman–Crippen MR) is 94.2 cm³/mol. The lowest BCUT2D eigenvalue weighted by molar-refractivity contribution is 0.324. The first-order valence-electron chi connectivity index (χ1n) is 7.23. The van der Waals surface area contributed by atoms with Crippen molar-refractivity contribution in [2.75, 3.05) is 21.3 Å². The number of nitrogens with one attached hydrogen (secondary N) is 1. The van der Waals surface area contributed by atoms with Crippen molar-refractivity contribution in [1.29, 1.82) is 0 Å². The molecule has 130 valence electrons. The van der Waals surface area contributed by atoms with E-state index < -0.39 is 0 Å². The number of nitrogens with zero attached hydrogens (tertiary/aromatic N) is 3. The monoisotopic (exact) mass is 360 g/mol. The molecular weight excluding hydrogens is 344 g/mol. The Morgan fingerprint density at radius 3 is 2.48 bits per heavy atom. The predicted octanol–water partition coefficient (Wildman–Crippen LogP) is 3.11. The Kier molecular flexibility index (Phi) is 4.85. The van der Waals surface area contributed by atoms with Gasteiger partial charge in [0.2, 0.25) is 10.5 Å². The summed E-state index contributed by atoms with van der Waals surface area (Å²) in [5.41, 5.74) is 0.693. The average molecular weight is 360 g/mol. The normalized spacial score (nSPS) is 11.0. The zero-order valence-corrected chi connectivity index (χ0v) is 14.7. The second kappa shape index (κ2) is 7.22. The number of rotatable bonds is 6. The maximum absolute atomic E-state index is 5.37. The minimum Gasteiger partial charge on any atom is -0.493 e. The van der Waals surface area contributed by atoms with E-state index >= 15 is 0 Å². The molecule has 0 aliphatic heterocycles. The highest BCUT2D eigenvalue weighted by Gasteiger charge is 2.17. The zero-order valence-electron chi connectivity index (χ0n) is 13.8. The van der Waals surface area contributed by atoms with Gasteiger partial charge in [-0.3, -0.25) is 0 Å². The first-order valence-corrected chi connectivity index (χ1v) is 7.64. The van der Waals surface area contributed by atoms with E-state index in [0.29, 0.717) is 39.2 Å². The molecule has 0 radical (unpaired) electrons. The molecule has 0 atom stereocenters. The summed E-state index contributed by atoms with van der Waals surface area (Å²) < 4.78 is 23.1. The summed E-state index contributed by atoms with van der Waals surface area (Å²) in [5, 5.41) is 11.3. The zero-order chi connectivity index (χ0) is 17.8. The summed E-state index contributed by atoms with van der Waals surface area (Å²) in [5.74, 6) is 2.60. The van der Waals surface area contributed by atoms with Gasteiger partial charge in [0.25, 0.3) is 0 Å². The van der Waals surface area contributed by atoms with Crippen LogP contribution in [0.4, 0.5) is 0 Å². The maximum atomic E-state index is 5.37. The van der Waals surface area contributed by atoms with Gasteiger partial charge < -0.3 is 18.6 Å². The topological polar surface area (TPSA) is 86.8 Å². The third-order valence-electron chi connectivity index (χ3n) is 3.42. The SMILES string of the molecule is COc1cc(-c2n[nH]c(=S)n2/N=C\c2ccco2)cc(OC)c1OC. The molecule has 0 unspecified atom stereocenters. The maximum Gasteiger partial charge on any atom is 0.216 e. The number of methoxy groups -OCH3 is 3. The van der Waals surface area contributed by atoms with Gasteiger partial charge in [0, 0.05) is 5.56 Å². The fraction of sp³-hybridized carbons (Fsp3) is 0.188. The van der Waals surface area contributed by atoms with Crippen LogP contribution in [0.25, 0.3) is 11.4 Å². The van der Waals surface area contributed by atoms with Crippen LogP contribution in [0, 0.1) is 4.77 Å². The number of hydrogen-bond acceptors (Lipinski definition) is 7. The fourth-order valence-electron chi connectivity index (χ4n) is 2.28. The van der Waals surface area contributed by atoms with E-state index in [4.69, 9.17) is 30.8 Å². The van der Waals surface area contributed by atoms with Crippen LogP contribution in [-0.2, 0) is 0 Å². The molecule has 1 aromatic carbocycles. The molecule has 0 amide bonds. The third-order valence-corrected chi connectivity index (χ3v) is 3.68. The van der Waals surface area contributed by atoms with Crippen molar-refractivity contribution < 1.29 is 18.6 Å². The number of aromatic nitrogens is 3. The number of furan rings is 1. The van der Waals surface area contributed by atoms with Crippen LogP contribution in [0.3, 0.4) is 0 Å². The molecule has 25 heavy (non-hydrogen) atoms. The Hall–Kier alpha value is -3.07. The van der Waals surface area contributed by atoms with Gasteiger partial charge in [0.05, 0.1) is 33.8 Å². The molecule has 2 aromatic heterocycles. The Morgan fingerprint density at radius 2 is 1.92 bits per heavy atom. The van der Waals surface area contributed by atoms with E-state index in [1.54, 1.807) is 58.1 Å². The van der Waals surface area contributed by atoms with Gasteiger partial charge >= 0.3 is 0 Å². The Labute approximate surface area is 148 Å². The first kappa shape index (κ1) is 16.8. The van der Waals surface area contributed by atoms with Crippen molar-refractivity contribution >= 4 is 18.4 Å². The van der Waals surface area contributed by atoms with Gasteiger partial charge in [-0.2, -0.15) is 14.9 Å². The smallest absolute Gasteiger partial charge is 0.216 e. The van der Waals surface area contributed by atoms with E-state index in [0.717, 1.165) is 0 Å². The summed E-state index contributed by atoms with van der Waals surface area (Å²) in [6, 6.07) is 7.10. The molecule has 0 aliphatic rings. The minimum absolute atomic E-state index is 0.339. The van der Waals surface area contributed by atoms with Crippen molar-refractivity contribution in [3.05, 3.63) is 41.1 Å². The average Bonchev–Trinajstić information content (AvgIpc) is 3.28. The number of ether oxygens (including phenoxy) is 3. The largest absolute Gasteiger partial charge is 0.493 e. The van der Waals surface area contributed by atoms with Crippen LogP contribution in [0.1, 0.15) is 5.76 Å². The molecule has 0 saturated carbocycles. The van der Waals surface area contributed by atoms with Gasteiger partial charge in [-0.25, -0.2) is 5.10 Å². The molecule has 0 aliphatic carbocycles. The van der Waals surface area contributed by atoms with Crippen LogP contribution in [0.15, 0.2) is 40.0 Å². The van der Waals surface area contributed by atoms with E-state index in [2.05, 4.69) is 15.3 Å². The van der Waals surface area contributed by atoms with Crippen LogP contribution in [-0.4, -0.2) is 42.4 Å². The minimum atomic E-state index is 0.339. The first-order chi connectivity index (χ1) is 12.2. The highest BCUT2D eigenvalue weighted by Crippen LogP contribution is 2.40. The van der Waals surface area contributed by atoms with Gasteiger partial charge in [-0.05, 0) is 36.5 Å². The van der Waals surface area contributed by atoms with Crippen LogP contribution in [0.2, 0.25) is 0 Å². The molecule has 9 heteroatoms. The summed E-state index contributed by atoms with van der Waals surface area (Å²) in [4.78, 5) is 0. The summed E-state index contributed by atoms with van der Waals surface area (Å²) in [7, 11) is 4.64. The van der Waals surface area contributed by atoms with Gasteiger partial charge in [-0.1, -0.05) is 0 Å². The molecule has 3 rings (SSSR count). The highest BCUT2D eigenvalue weighted by molar-refractivity contribution is 7.71.